The first-order chi connectivity index (χ1) is 19.3. The standard InChI is InChI=1S/C31H43NO8S/c1-19(2)41-25(33)17-31(36,11-6-9-29(3,4)35)28(34)40-27-24(37-5)16-30-10-7-12-32(30)13-8-20-14-22-23(39-18-38-22)15-21(20)26(27)30/h14-16,19,26-27,35-36H,6-13,17-18H2,1-5H3/t26-,27?,30+,31-/m1/s1. The first kappa shape index (κ1) is 30.2. The van der Waals surface area contributed by atoms with Crippen LogP contribution in [-0.4, -0.2) is 81.3 Å². The second-order valence-electron chi connectivity index (χ2n) is 12.7. The fourth-order valence-electron chi connectivity index (χ4n) is 6.94. The van der Waals surface area contributed by atoms with Gasteiger partial charge in [0.2, 0.25) is 6.79 Å². The first-order valence-electron chi connectivity index (χ1n) is 14.6. The van der Waals surface area contributed by atoms with E-state index in [-0.39, 0.29) is 35.9 Å². The summed E-state index contributed by atoms with van der Waals surface area (Å²) in [6.07, 6.45) is 4.37. The SMILES string of the molecule is COC1=C[C@]23CCCN2CCc2cc4c(cc2[C@@H]3C1OC(=O)[C@@](O)(CCCC(C)(C)O)CC(=O)SC(C)C)OCO4. The smallest absolute Gasteiger partial charge is 0.339 e. The largest absolute Gasteiger partial charge is 0.497 e. The number of ether oxygens (including phenoxy) is 4. The van der Waals surface area contributed by atoms with Crippen LogP contribution in [0.2, 0.25) is 0 Å². The van der Waals surface area contributed by atoms with Crippen molar-refractivity contribution in [1.82, 2.24) is 4.90 Å². The molecule has 0 saturated carbocycles. The fraction of sp³-hybridized carbons (Fsp3) is 0.677. The number of thioether (sulfide) groups is 1. The number of esters is 1. The average molecular weight is 590 g/mol. The van der Waals surface area contributed by atoms with Crippen LogP contribution in [0.4, 0.5) is 0 Å². The van der Waals surface area contributed by atoms with Gasteiger partial charge in [0.25, 0.3) is 0 Å². The Balaban J connectivity index is 1.49. The van der Waals surface area contributed by atoms with Gasteiger partial charge in [0.05, 0.1) is 30.6 Å². The third-order valence-electron chi connectivity index (χ3n) is 8.76. The zero-order valence-corrected chi connectivity index (χ0v) is 25.6. The second kappa shape index (κ2) is 11.4. The van der Waals surface area contributed by atoms with Crippen molar-refractivity contribution in [3.63, 3.8) is 0 Å². The van der Waals surface area contributed by atoms with E-state index in [9.17, 15) is 19.8 Å². The Morgan fingerprint density at radius 2 is 1.90 bits per heavy atom. The van der Waals surface area contributed by atoms with Gasteiger partial charge in [-0.25, -0.2) is 4.79 Å². The maximum Gasteiger partial charge on any atom is 0.339 e. The Morgan fingerprint density at radius 1 is 1.17 bits per heavy atom. The van der Waals surface area contributed by atoms with E-state index in [4.69, 9.17) is 18.9 Å². The summed E-state index contributed by atoms with van der Waals surface area (Å²) in [4.78, 5) is 29.3. The van der Waals surface area contributed by atoms with E-state index in [1.807, 2.05) is 26.0 Å². The van der Waals surface area contributed by atoms with Crippen molar-refractivity contribution in [1.29, 1.82) is 0 Å². The van der Waals surface area contributed by atoms with Crippen LogP contribution in [0.3, 0.4) is 0 Å². The number of carbonyl (C=O) groups is 2. The molecule has 3 heterocycles. The average Bonchev–Trinajstić information content (AvgIpc) is 3.56. The molecule has 1 unspecified atom stereocenters. The minimum absolute atomic E-state index is 0.00379. The summed E-state index contributed by atoms with van der Waals surface area (Å²) >= 11 is 1.10. The molecule has 0 aromatic heterocycles. The van der Waals surface area contributed by atoms with Gasteiger partial charge in [-0.15, -0.1) is 0 Å². The van der Waals surface area contributed by atoms with Gasteiger partial charge in [-0.05, 0) is 88.3 Å². The lowest BCUT2D eigenvalue weighted by molar-refractivity contribution is -0.175. The molecule has 10 heteroatoms. The van der Waals surface area contributed by atoms with Gasteiger partial charge in [0.15, 0.2) is 28.3 Å². The van der Waals surface area contributed by atoms with E-state index in [0.29, 0.717) is 30.1 Å². The van der Waals surface area contributed by atoms with Gasteiger partial charge in [0, 0.05) is 11.8 Å². The normalized spacial score (nSPS) is 26.5. The zero-order valence-electron chi connectivity index (χ0n) is 24.7. The molecule has 3 aliphatic heterocycles. The maximum absolute atomic E-state index is 14.0. The number of methoxy groups -OCH3 is 1. The number of nitrogens with zero attached hydrogens (tertiary/aromatic N) is 1. The third-order valence-corrected chi connectivity index (χ3v) is 9.64. The molecule has 0 amide bonds. The van der Waals surface area contributed by atoms with Crippen LogP contribution in [0.25, 0.3) is 0 Å². The predicted octanol–water partition coefficient (Wildman–Crippen LogP) is 4.08. The molecule has 41 heavy (non-hydrogen) atoms. The summed E-state index contributed by atoms with van der Waals surface area (Å²) in [5.74, 6) is 0.807. The van der Waals surface area contributed by atoms with E-state index in [1.165, 1.54) is 0 Å². The molecule has 0 bridgehead atoms. The lowest BCUT2D eigenvalue weighted by atomic mass is 9.77. The van der Waals surface area contributed by atoms with Crippen molar-refractivity contribution in [3.05, 3.63) is 35.1 Å². The number of fused-ring (bicyclic) bond motifs is 3. The lowest BCUT2D eigenvalue weighted by Gasteiger charge is -2.39. The van der Waals surface area contributed by atoms with Gasteiger partial charge in [-0.2, -0.15) is 0 Å². The molecule has 4 aliphatic rings. The Morgan fingerprint density at radius 3 is 2.59 bits per heavy atom. The Bertz CT molecular complexity index is 1210. The summed E-state index contributed by atoms with van der Waals surface area (Å²) in [6.45, 7) is 9.08. The van der Waals surface area contributed by atoms with Gasteiger partial charge in [0.1, 0.15) is 5.76 Å². The van der Waals surface area contributed by atoms with E-state index in [2.05, 4.69) is 11.0 Å². The molecule has 9 nitrogen and oxygen atoms in total. The highest BCUT2D eigenvalue weighted by molar-refractivity contribution is 8.14. The lowest BCUT2D eigenvalue weighted by Crippen LogP contribution is -2.49. The van der Waals surface area contributed by atoms with Crippen LogP contribution >= 0.6 is 11.8 Å². The van der Waals surface area contributed by atoms with E-state index in [1.54, 1.807) is 21.0 Å². The number of rotatable bonds is 10. The van der Waals surface area contributed by atoms with Crippen LogP contribution in [0.1, 0.15) is 83.3 Å². The van der Waals surface area contributed by atoms with Crippen molar-refractivity contribution in [2.75, 3.05) is 27.0 Å². The van der Waals surface area contributed by atoms with Crippen molar-refractivity contribution >= 4 is 22.8 Å². The van der Waals surface area contributed by atoms with Crippen molar-refractivity contribution in [3.8, 4) is 11.5 Å². The van der Waals surface area contributed by atoms with Crippen LogP contribution in [0, 0.1) is 0 Å². The van der Waals surface area contributed by atoms with Crippen molar-refractivity contribution in [2.45, 2.75) is 107 Å². The highest BCUT2D eigenvalue weighted by atomic mass is 32.2. The van der Waals surface area contributed by atoms with Gasteiger partial charge < -0.3 is 29.2 Å². The quantitative estimate of drug-likeness (QED) is 0.387. The Hall–Kier alpha value is -2.27. The third kappa shape index (κ3) is 5.98. The summed E-state index contributed by atoms with van der Waals surface area (Å²) < 4.78 is 23.5. The molecule has 1 fully saturated rings. The van der Waals surface area contributed by atoms with Crippen molar-refractivity contribution in [2.24, 2.45) is 0 Å². The highest BCUT2D eigenvalue weighted by Gasteiger charge is 2.59. The van der Waals surface area contributed by atoms with Crippen LogP contribution in [-0.2, 0) is 25.5 Å². The monoisotopic (exact) mass is 589 g/mol. The minimum Gasteiger partial charge on any atom is -0.497 e. The topological polar surface area (TPSA) is 115 Å². The Kier molecular flexibility index (Phi) is 8.42. The van der Waals surface area contributed by atoms with Crippen LogP contribution < -0.4 is 9.47 Å². The first-order valence-corrected chi connectivity index (χ1v) is 15.5. The number of hydrogen-bond acceptors (Lipinski definition) is 10. The van der Waals surface area contributed by atoms with Gasteiger partial charge >= 0.3 is 5.97 Å². The zero-order chi connectivity index (χ0) is 29.6. The molecule has 4 atom stereocenters. The summed E-state index contributed by atoms with van der Waals surface area (Å²) in [5, 5.41) is 21.7. The minimum atomic E-state index is -2.03. The summed E-state index contributed by atoms with van der Waals surface area (Å²) in [5.41, 5.74) is -1.26. The molecule has 0 radical (unpaired) electrons. The number of hydrogen-bond donors (Lipinski definition) is 2. The molecule has 1 saturated heterocycles. The molecular formula is C31H43NO8S. The fourth-order valence-corrected chi connectivity index (χ4v) is 7.79. The highest BCUT2D eigenvalue weighted by Crippen LogP contribution is 2.55. The number of benzene rings is 1. The summed E-state index contributed by atoms with van der Waals surface area (Å²) in [7, 11) is 1.58. The van der Waals surface area contributed by atoms with Gasteiger partial charge in [-0.3, -0.25) is 9.69 Å². The van der Waals surface area contributed by atoms with Crippen LogP contribution in [0.15, 0.2) is 24.0 Å². The molecule has 1 aliphatic carbocycles. The molecule has 1 spiro atoms. The van der Waals surface area contributed by atoms with E-state index < -0.39 is 28.8 Å². The molecule has 2 N–H and O–H groups in total. The Labute approximate surface area is 246 Å². The molecule has 1 aromatic carbocycles. The number of aliphatic hydroxyl groups is 2. The maximum atomic E-state index is 14.0. The molecule has 1 aromatic rings. The number of carbonyl (C=O) groups excluding carboxylic acids is 2. The van der Waals surface area contributed by atoms with E-state index in [0.717, 1.165) is 55.2 Å². The van der Waals surface area contributed by atoms with E-state index >= 15 is 0 Å². The predicted molar refractivity (Wildman–Crippen MR) is 155 cm³/mol. The molecule has 5 rings (SSSR count). The van der Waals surface area contributed by atoms with Gasteiger partial charge in [-0.1, -0.05) is 25.6 Å². The molecule has 226 valence electrons. The second-order valence-corrected chi connectivity index (χ2v) is 14.3. The van der Waals surface area contributed by atoms with Crippen LogP contribution in [0.5, 0.6) is 11.5 Å². The molecular weight excluding hydrogens is 546 g/mol. The summed E-state index contributed by atoms with van der Waals surface area (Å²) in [6, 6.07) is 4.05. The van der Waals surface area contributed by atoms with Crippen molar-refractivity contribution < 1.29 is 38.7 Å².